The summed E-state index contributed by atoms with van der Waals surface area (Å²) in [6.45, 7) is 25.0. The van der Waals surface area contributed by atoms with E-state index in [1.165, 1.54) is 301 Å². The van der Waals surface area contributed by atoms with Crippen molar-refractivity contribution < 1.29 is 48.1 Å². The Bertz CT molecular complexity index is 4220. The highest BCUT2D eigenvalue weighted by Crippen LogP contribution is 2.46. The van der Waals surface area contributed by atoms with Crippen molar-refractivity contribution in [3.05, 3.63) is 297 Å². The Morgan fingerprint density at radius 2 is 0.370 bits per heavy atom. The minimum Gasteiger partial charge on any atom is -0.491 e. The molecule has 0 aromatic heterocycles. The second kappa shape index (κ2) is 76.4. The molecule has 9 rings (SSSR count). The maximum absolute atomic E-state index is 12.4. The van der Waals surface area contributed by atoms with Crippen LogP contribution in [0.15, 0.2) is 231 Å². The molecule has 0 saturated carbocycles. The maximum Gasteiger partial charge on any atom is 0.127 e. The van der Waals surface area contributed by atoms with Crippen molar-refractivity contribution >= 4 is 0 Å². The summed E-state index contributed by atoms with van der Waals surface area (Å²) in [6.07, 6.45) is 62.2. The zero-order chi connectivity index (χ0) is 103. The summed E-state index contributed by atoms with van der Waals surface area (Å²) in [6, 6.07) is 82.5. The Morgan fingerprint density at radius 1 is 0.178 bits per heavy atom. The van der Waals surface area contributed by atoms with Gasteiger partial charge in [-0.25, -0.2) is 0 Å². The quantitative estimate of drug-likeness (QED) is 0.0357. The number of aliphatic hydroxyl groups is 2. The molecule has 0 amide bonds. The average molecular weight is 2000 g/mol. The summed E-state index contributed by atoms with van der Waals surface area (Å²) in [4.78, 5) is 0. The first-order chi connectivity index (χ1) is 71.7. The maximum atomic E-state index is 12.4. The molecule has 12 atom stereocenters. The van der Waals surface area contributed by atoms with Gasteiger partial charge in [-0.05, 0) is 82.3 Å². The summed E-state index contributed by atoms with van der Waals surface area (Å²) < 4.78 is 56.5. The largest absolute Gasteiger partial charge is 0.491 e. The van der Waals surface area contributed by atoms with Gasteiger partial charge >= 0.3 is 0 Å². The third kappa shape index (κ3) is 48.5. The van der Waals surface area contributed by atoms with E-state index in [-0.39, 0.29) is 86.4 Å². The smallest absolute Gasteiger partial charge is 0.127 e. The number of hydrogen-bond acceptors (Lipinski definition) is 10. The van der Waals surface area contributed by atoms with Gasteiger partial charge in [-0.2, -0.15) is 0 Å². The Morgan fingerprint density at radius 3 is 0.589 bits per heavy atom. The molecule has 806 valence electrons. The van der Waals surface area contributed by atoms with Crippen molar-refractivity contribution in [2.24, 2.45) is 0 Å². The first kappa shape index (κ1) is 121. The van der Waals surface area contributed by atoms with Crippen molar-refractivity contribution in [3.8, 4) is 23.0 Å². The lowest BCUT2D eigenvalue weighted by Gasteiger charge is -2.28. The van der Waals surface area contributed by atoms with Gasteiger partial charge in [0.25, 0.3) is 0 Å². The molecule has 0 bridgehead atoms. The highest BCUT2D eigenvalue weighted by atomic mass is 16.6. The Hall–Kier alpha value is -8.06. The van der Waals surface area contributed by atoms with Crippen LogP contribution in [0.2, 0.25) is 0 Å². The van der Waals surface area contributed by atoms with Crippen LogP contribution in [0.5, 0.6) is 23.0 Å². The lowest BCUT2D eigenvalue weighted by Crippen LogP contribution is -2.32. The summed E-state index contributed by atoms with van der Waals surface area (Å²) in [5, 5.41) is 24.7. The number of benzene rings is 9. The third-order valence-electron chi connectivity index (χ3n) is 31.1. The van der Waals surface area contributed by atoms with E-state index in [9.17, 15) is 10.2 Å². The topological polar surface area (TPSA) is 114 Å². The highest BCUT2D eigenvalue weighted by molar-refractivity contribution is 5.57. The molecule has 9 aromatic carbocycles. The number of unbranched alkanes of at least 4 members (excludes halogenated alkanes) is 44. The fraction of sp³-hybridized carbons (Fsp3) is 0.603. The van der Waals surface area contributed by atoms with Crippen LogP contribution in [-0.4, -0.2) is 99.7 Å². The van der Waals surface area contributed by atoms with Crippen LogP contribution >= 0.6 is 0 Å². The first-order valence-corrected chi connectivity index (χ1v) is 59.8. The van der Waals surface area contributed by atoms with Crippen molar-refractivity contribution in [1.29, 1.82) is 0 Å². The second-order valence-corrected chi connectivity index (χ2v) is 43.4. The van der Waals surface area contributed by atoms with E-state index in [0.29, 0.717) is 26.4 Å². The number of rotatable bonds is 88. The van der Waals surface area contributed by atoms with Crippen LogP contribution in [0.4, 0.5) is 0 Å². The predicted molar refractivity (Wildman–Crippen MR) is 619 cm³/mol. The fourth-order valence-electron chi connectivity index (χ4n) is 21.3. The highest BCUT2D eigenvalue weighted by Gasteiger charge is 2.30. The van der Waals surface area contributed by atoms with E-state index in [0.717, 1.165) is 122 Å². The summed E-state index contributed by atoms with van der Waals surface area (Å²) in [7, 11) is 0. The molecule has 2 N–H and O–H groups in total. The molecule has 0 aliphatic carbocycles. The Balaban J connectivity index is 0.922. The molecule has 0 spiro atoms. The Kier molecular flexibility index (Phi) is 63.6. The van der Waals surface area contributed by atoms with Crippen molar-refractivity contribution in [2.45, 2.75) is 475 Å². The fourth-order valence-corrected chi connectivity index (χ4v) is 21.3. The molecule has 12 unspecified atom stereocenters. The molecule has 0 aliphatic rings. The number of hydrogen-bond donors (Lipinski definition) is 2. The molecule has 0 heterocycles. The molecule has 9 aromatic rings. The summed E-state index contributed by atoms with van der Waals surface area (Å²) in [5.41, 5.74) is 14.3. The number of ether oxygens (including phenoxy) is 8. The van der Waals surface area contributed by atoms with Gasteiger partial charge in [0.05, 0.1) is 50.8 Å². The molecule has 146 heavy (non-hydrogen) atoms. The van der Waals surface area contributed by atoms with Crippen LogP contribution < -0.4 is 18.9 Å². The Labute approximate surface area is 890 Å². The van der Waals surface area contributed by atoms with E-state index in [2.05, 4.69) is 300 Å². The first-order valence-electron chi connectivity index (χ1n) is 59.8. The zero-order valence-electron chi connectivity index (χ0n) is 93.5. The van der Waals surface area contributed by atoms with Crippen LogP contribution in [0.3, 0.4) is 0 Å². The minimum atomic E-state index is -0.899. The standard InChI is InChI=1S/C136H202O10/c1-11-15-19-23-27-31-35-39-43-47-51-73-90-127(139-101-123(137)103-145-135-131(111(7)117-82-65-57-66-83-117)96-121(109(5)115-78-61-55-62-79-115)97-132(135)112(8)118-84-67-58-68-85-118)107-143-129(92-75-53-49-45-41-37-33-29-25-21-17-13-3)105-141-125-94-77-95-126(100-125)142-106-130(93-76-54-50-46-42-38-34-30-26-22-18-14-4)144-108-128(91-74-52-48-44-40-36-32-28-24-20-16-12-2)140-102-124(138)104-146-136-133(113(9)119-86-69-59-70-87-119)98-122(110(6)116-80-63-56-64-81-116)99-134(136)114(10)120-88-71-60-72-89-120/h55-72,77-89,94-100,109-114,123-124,127-130,137-138H,11-54,73-76,90-93,101-108H2,1-10H3. The zero-order valence-corrected chi connectivity index (χ0v) is 93.5. The summed E-state index contributed by atoms with van der Waals surface area (Å²) in [5.74, 6) is 3.48. The molecular formula is C136H202O10. The van der Waals surface area contributed by atoms with Crippen LogP contribution in [0.25, 0.3) is 0 Å². The molecule has 10 nitrogen and oxygen atoms in total. The molecule has 0 saturated heterocycles. The minimum absolute atomic E-state index is 0.0101. The van der Waals surface area contributed by atoms with Gasteiger partial charge in [-0.1, -0.05) is 590 Å². The molecule has 0 radical (unpaired) electrons. The lowest BCUT2D eigenvalue weighted by molar-refractivity contribution is -0.0834. The van der Waals surface area contributed by atoms with Crippen LogP contribution in [-0.2, 0) is 18.9 Å². The van der Waals surface area contributed by atoms with Gasteiger partial charge in [0.1, 0.15) is 61.6 Å². The van der Waals surface area contributed by atoms with E-state index in [1.807, 2.05) is 0 Å². The van der Waals surface area contributed by atoms with Gasteiger partial charge in [0, 0.05) is 63.8 Å². The second-order valence-electron chi connectivity index (χ2n) is 43.4. The van der Waals surface area contributed by atoms with E-state index >= 15 is 0 Å². The molecule has 0 fully saturated rings. The molecule has 10 heteroatoms. The van der Waals surface area contributed by atoms with Gasteiger partial charge < -0.3 is 48.1 Å². The normalized spacial score (nSPS) is 14.2. The number of aliphatic hydroxyl groups excluding tert-OH is 2. The van der Waals surface area contributed by atoms with Gasteiger partial charge in [0.15, 0.2) is 0 Å². The lowest BCUT2D eigenvalue weighted by atomic mass is 9.81. The third-order valence-corrected chi connectivity index (χ3v) is 31.1. The van der Waals surface area contributed by atoms with Crippen molar-refractivity contribution in [2.75, 3.05) is 52.9 Å². The van der Waals surface area contributed by atoms with Crippen LogP contribution in [0, 0.1) is 0 Å². The van der Waals surface area contributed by atoms with Crippen LogP contribution in [0.1, 0.15) is 505 Å². The van der Waals surface area contributed by atoms with E-state index in [4.69, 9.17) is 37.9 Å². The van der Waals surface area contributed by atoms with Gasteiger partial charge in [0.2, 0.25) is 0 Å². The van der Waals surface area contributed by atoms with Crippen molar-refractivity contribution in [1.82, 2.24) is 0 Å². The monoisotopic (exact) mass is 2000 g/mol. The SMILES string of the molecule is CCCCCCCCCCCCCCC(COc1cccc(OCC(CCCCCCCCCCCCCC)OCC(CCCCCCCCCCCCCC)OCC(O)COc2c(C(C)c3ccccc3)cc(C(C)c3ccccc3)cc2C(C)c2ccccc2)c1)OCC(CCCCCCCCCCCCCC)OCC(O)COc1c(C(C)c2ccccc2)cc(C(C)c2ccccc2)cc1C(C)c1ccccc1. The molecule has 0 aliphatic heterocycles. The predicted octanol–water partition coefficient (Wildman–Crippen LogP) is 38.1. The van der Waals surface area contributed by atoms with Gasteiger partial charge in [-0.3, -0.25) is 0 Å². The van der Waals surface area contributed by atoms with Gasteiger partial charge in [-0.15, -0.1) is 0 Å². The van der Waals surface area contributed by atoms with E-state index < -0.39 is 12.2 Å². The average Bonchev–Trinajstić information content (AvgIpc) is 0.776. The molecular weight excluding hydrogens is 1790 g/mol. The van der Waals surface area contributed by atoms with E-state index in [1.54, 1.807) is 0 Å². The summed E-state index contributed by atoms with van der Waals surface area (Å²) >= 11 is 0. The van der Waals surface area contributed by atoms with Crippen molar-refractivity contribution in [3.63, 3.8) is 0 Å².